The molecule has 1 aliphatic rings. The van der Waals surface area contributed by atoms with E-state index in [1.54, 1.807) is 12.1 Å². The molecule has 0 saturated carbocycles. The number of piperidine rings is 1. The van der Waals surface area contributed by atoms with E-state index >= 15 is 0 Å². The zero-order valence-corrected chi connectivity index (χ0v) is 13.1. The van der Waals surface area contributed by atoms with E-state index < -0.39 is 0 Å². The molecule has 0 bridgehead atoms. The van der Waals surface area contributed by atoms with E-state index in [4.69, 9.17) is 4.74 Å². The number of ether oxygens (including phenoxy) is 1. The van der Waals surface area contributed by atoms with E-state index in [1.807, 2.05) is 6.92 Å². The molecule has 1 aromatic carbocycles. The van der Waals surface area contributed by atoms with Gasteiger partial charge < -0.3 is 15.4 Å². The predicted molar refractivity (Wildman–Crippen MR) is 84.3 cm³/mol. The molecule has 122 valence electrons. The maximum atomic E-state index is 12.8. The van der Waals surface area contributed by atoms with E-state index in [9.17, 15) is 9.18 Å². The minimum absolute atomic E-state index is 0.0769. The van der Waals surface area contributed by atoms with Gasteiger partial charge in [0, 0.05) is 6.42 Å². The Morgan fingerprint density at radius 3 is 2.73 bits per heavy atom. The summed E-state index contributed by atoms with van der Waals surface area (Å²) in [5.74, 6) is 1.07. The van der Waals surface area contributed by atoms with Crippen molar-refractivity contribution in [2.75, 3.05) is 19.6 Å². The topological polar surface area (TPSA) is 50.4 Å². The van der Waals surface area contributed by atoms with Gasteiger partial charge in [-0.25, -0.2) is 4.39 Å². The summed E-state index contributed by atoms with van der Waals surface area (Å²) in [6, 6.07) is 5.90. The van der Waals surface area contributed by atoms with Crippen LogP contribution in [0.1, 0.15) is 32.6 Å². The molecule has 1 atom stereocenters. The second-order valence-electron chi connectivity index (χ2n) is 5.92. The number of hydrogen-bond donors (Lipinski definition) is 2. The van der Waals surface area contributed by atoms with Crippen LogP contribution in [-0.4, -0.2) is 31.6 Å². The minimum Gasteiger partial charge on any atom is -0.489 e. The van der Waals surface area contributed by atoms with Gasteiger partial charge in [-0.1, -0.05) is 0 Å². The number of carbonyl (C=O) groups excluding carboxylic acids is 1. The van der Waals surface area contributed by atoms with Gasteiger partial charge in [0.25, 0.3) is 0 Å². The molecule has 1 aliphatic heterocycles. The Balaban J connectivity index is 1.61. The van der Waals surface area contributed by atoms with Crippen LogP contribution in [0.4, 0.5) is 4.39 Å². The first-order chi connectivity index (χ1) is 10.6. The summed E-state index contributed by atoms with van der Waals surface area (Å²) in [6.07, 6.45) is 3.72. The summed E-state index contributed by atoms with van der Waals surface area (Å²) < 4.78 is 18.4. The normalized spacial score (nSPS) is 17.0. The monoisotopic (exact) mass is 308 g/mol. The van der Waals surface area contributed by atoms with Crippen molar-refractivity contribution >= 4 is 5.91 Å². The van der Waals surface area contributed by atoms with Crippen LogP contribution >= 0.6 is 0 Å². The van der Waals surface area contributed by atoms with Crippen LogP contribution in [0.3, 0.4) is 0 Å². The quantitative estimate of drug-likeness (QED) is 0.813. The number of nitrogens with one attached hydrogen (secondary N) is 2. The Morgan fingerprint density at radius 1 is 1.36 bits per heavy atom. The van der Waals surface area contributed by atoms with Crippen molar-refractivity contribution in [3.05, 3.63) is 30.1 Å². The van der Waals surface area contributed by atoms with Gasteiger partial charge in [0.15, 0.2) is 0 Å². The van der Waals surface area contributed by atoms with E-state index in [0.717, 1.165) is 32.4 Å². The number of hydrogen-bond acceptors (Lipinski definition) is 3. The number of amides is 1. The van der Waals surface area contributed by atoms with Crippen LogP contribution in [0.25, 0.3) is 0 Å². The lowest BCUT2D eigenvalue weighted by Gasteiger charge is -2.22. The molecule has 2 rings (SSSR count). The molecule has 0 spiro atoms. The molecule has 4 nitrogen and oxygen atoms in total. The van der Waals surface area contributed by atoms with Crippen LogP contribution in [0.2, 0.25) is 0 Å². The summed E-state index contributed by atoms with van der Waals surface area (Å²) in [4.78, 5) is 11.9. The van der Waals surface area contributed by atoms with E-state index in [-0.39, 0.29) is 17.8 Å². The Kier molecular flexibility index (Phi) is 6.65. The predicted octanol–water partition coefficient (Wildman–Crippen LogP) is 2.49. The number of rotatable bonds is 7. The summed E-state index contributed by atoms with van der Waals surface area (Å²) in [6.45, 7) is 4.47. The van der Waals surface area contributed by atoms with Gasteiger partial charge in [0.1, 0.15) is 17.7 Å². The minimum atomic E-state index is -0.286. The fraction of sp³-hybridized carbons (Fsp3) is 0.588. The first-order valence-corrected chi connectivity index (χ1v) is 8.03. The fourth-order valence-corrected chi connectivity index (χ4v) is 2.64. The summed E-state index contributed by atoms with van der Waals surface area (Å²) in [5, 5.41) is 6.23. The Morgan fingerprint density at radius 2 is 2.05 bits per heavy atom. The van der Waals surface area contributed by atoms with Crippen LogP contribution in [0.5, 0.6) is 5.75 Å². The number of halogens is 1. The summed E-state index contributed by atoms with van der Waals surface area (Å²) >= 11 is 0. The van der Waals surface area contributed by atoms with Crippen molar-refractivity contribution in [2.45, 2.75) is 38.7 Å². The third-order valence-corrected chi connectivity index (χ3v) is 3.98. The SMILES string of the molecule is CC(CNC(=O)CCC1CCNCC1)Oc1ccc(F)cc1. The largest absolute Gasteiger partial charge is 0.489 e. The second-order valence-corrected chi connectivity index (χ2v) is 5.92. The van der Waals surface area contributed by atoms with Crippen molar-refractivity contribution in [2.24, 2.45) is 5.92 Å². The van der Waals surface area contributed by atoms with E-state index in [0.29, 0.717) is 24.6 Å². The molecular weight excluding hydrogens is 283 g/mol. The molecule has 1 amide bonds. The first kappa shape index (κ1) is 16.7. The van der Waals surface area contributed by atoms with Crippen molar-refractivity contribution in [3.63, 3.8) is 0 Å². The number of carbonyl (C=O) groups is 1. The van der Waals surface area contributed by atoms with Gasteiger partial charge in [0.2, 0.25) is 5.91 Å². The molecule has 1 fully saturated rings. The lowest BCUT2D eigenvalue weighted by atomic mass is 9.93. The molecule has 1 saturated heterocycles. The molecule has 0 aliphatic carbocycles. The van der Waals surface area contributed by atoms with Crippen molar-refractivity contribution in [1.29, 1.82) is 0 Å². The zero-order valence-electron chi connectivity index (χ0n) is 13.1. The molecule has 1 aromatic rings. The van der Waals surface area contributed by atoms with Gasteiger partial charge in [-0.15, -0.1) is 0 Å². The summed E-state index contributed by atoms with van der Waals surface area (Å²) in [5.41, 5.74) is 0. The molecular formula is C17H25FN2O2. The average molecular weight is 308 g/mol. The van der Waals surface area contributed by atoms with Gasteiger partial charge in [0.05, 0.1) is 6.54 Å². The van der Waals surface area contributed by atoms with Crippen LogP contribution in [0.15, 0.2) is 24.3 Å². The maximum absolute atomic E-state index is 12.8. The van der Waals surface area contributed by atoms with Crippen LogP contribution in [0, 0.1) is 11.7 Å². The molecule has 0 radical (unpaired) electrons. The van der Waals surface area contributed by atoms with Gasteiger partial charge in [-0.2, -0.15) is 0 Å². The molecule has 22 heavy (non-hydrogen) atoms. The molecule has 1 unspecified atom stereocenters. The maximum Gasteiger partial charge on any atom is 0.220 e. The molecule has 5 heteroatoms. The van der Waals surface area contributed by atoms with E-state index in [1.165, 1.54) is 12.1 Å². The van der Waals surface area contributed by atoms with Crippen molar-refractivity contribution < 1.29 is 13.9 Å². The average Bonchev–Trinajstić information content (AvgIpc) is 2.54. The van der Waals surface area contributed by atoms with Crippen molar-refractivity contribution in [3.8, 4) is 5.75 Å². The standard InChI is InChI=1S/C17H25FN2O2/c1-13(22-16-5-3-15(18)4-6-16)12-20-17(21)7-2-14-8-10-19-11-9-14/h3-6,13-14,19H,2,7-12H2,1H3,(H,20,21). The first-order valence-electron chi connectivity index (χ1n) is 8.03. The Bertz CT molecular complexity index is 458. The van der Waals surface area contributed by atoms with Gasteiger partial charge in [-0.3, -0.25) is 4.79 Å². The summed E-state index contributed by atoms with van der Waals surface area (Å²) in [7, 11) is 0. The lowest BCUT2D eigenvalue weighted by molar-refractivity contribution is -0.121. The van der Waals surface area contributed by atoms with Crippen LogP contribution in [-0.2, 0) is 4.79 Å². The highest BCUT2D eigenvalue weighted by molar-refractivity contribution is 5.75. The highest BCUT2D eigenvalue weighted by Crippen LogP contribution is 2.17. The van der Waals surface area contributed by atoms with Crippen LogP contribution < -0.4 is 15.4 Å². The zero-order chi connectivity index (χ0) is 15.8. The van der Waals surface area contributed by atoms with Gasteiger partial charge in [-0.05, 0) is 69.5 Å². The molecule has 0 aromatic heterocycles. The van der Waals surface area contributed by atoms with E-state index in [2.05, 4.69) is 10.6 Å². The fourth-order valence-electron chi connectivity index (χ4n) is 2.64. The molecule has 2 N–H and O–H groups in total. The second kappa shape index (κ2) is 8.73. The Labute approximate surface area is 131 Å². The smallest absolute Gasteiger partial charge is 0.220 e. The lowest BCUT2D eigenvalue weighted by Crippen LogP contribution is -2.34. The molecule has 1 heterocycles. The highest BCUT2D eigenvalue weighted by atomic mass is 19.1. The van der Waals surface area contributed by atoms with Crippen molar-refractivity contribution in [1.82, 2.24) is 10.6 Å². The highest BCUT2D eigenvalue weighted by Gasteiger charge is 2.14. The number of benzene rings is 1. The Hall–Kier alpha value is -1.62. The van der Waals surface area contributed by atoms with Gasteiger partial charge >= 0.3 is 0 Å². The third kappa shape index (κ3) is 6.02. The third-order valence-electron chi connectivity index (χ3n) is 3.98.